The molecule has 1 saturated heterocycles. The molecule has 2 aliphatic rings. The van der Waals surface area contributed by atoms with E-state index in [9.17, 15) is 4.39 Å². The third kappa shape index (κ3) is 3.17. The van der Waals surface area contributed by atoms with Crippen LogP contribution in [-0.4, -0.2) is 29.1 Å². The minimum Gasteiger partial charge on any atom is -0.309 e. The van der Waals surface area contributed by atoms with Gasteiger partial charge in [0.05, 0.1) is 4.47 Å². The first-order valence-electron chi connectivity index (χ1n) is 7.84. The molecule has 1 aliphatic carbocycles. The zero-order valence-corrected chi connectivity index (χ0v) is 14.5. The van der Waals surface area contributed by atoms with Crippen molar-refractivity contribution in [3.63, 3.8) is 0 Å². The second kappa shape index (κ2) is 5.64. The Labute approximate surface area is 135 Å². The smallest absolute Gasteiger partial charge is 0.137 e. The summed E-state index contributed by atoms with van der Waals surface area (Å²) in [6, 6.07) is 5.40. The molecule has 0 radical (unpaired) electrons. The van der Waals surface area contributed by atoms with E-state index < -0.39 is 0 Å². The number of hydrogen-bond acceptors (Lipinski definition) is 2. The van der Waals surface area contributed by atoms with Gasteiger partial charge in [-0.1, -0.05) is 18.9 Å². The Bertz CT molecular complexity index is 524. The van der Waals surface area contributed by atoms with E-state index in [1.54, 1.807) is 6.07 Å². The van der Waals surface area contributed by atoms with Gasteiger partial charge in [-0.25, -0.2) is 4.39 Å². The van der Waals surface area contributed by atoms with E-state index in [2.05, 4.69) is 40.0 Å². The van der Waals surface area contributed by atoms with Gasteiger partial charge >= 0.3 is 0 Å². The van der Waals surface area contributed by atoms with Gasteiger partial charge in [0.25, 0.3) is 0 Å². The molecule has 1 N–H and O–H groups in total. The van der Waals surface area contributed by atoms with Crippen LogP contribution in [0.25, 0.3) is 0 Å². The third-order valence-electron chi connectivity index (χ3n) is 5.04. The largest absolute Gasteiger partial charge is 0.309 e. The van der Waals surface area contributed by atoms with Crippen LogP contribution in [0.1, 0.15) is 45.1 Å². The summed E-state index contributed by atoms with van der Waals surface area (Å²) in [5, 5.41) is 3.72. The molecule has 1 aliphatic heterocycles. The molecule has 21 heavy (non-hydrogen) atoms. The number of nitrogens with zero attached hydrogens (tertiary/aromatic N) is 1. The molecule has 116 valence electrons. The fourth-order valence-corrected chi connectivity index (χ4v) is 4.25. The van der Waals surface area contributed by atoms with Crippen molar-refractivity contribution < 1.29 is 4.39 Å². The van der Waals surface area contributed by atoms with E-state index in [1.165, 1.54) is 31.2 Å². The average Bonchev–Trinajstić information content (AvgIpc) is 2.89. The maximum atomic E-state index is 13.4. The SMILES string of the molecule is CC1(C)CN(Cc2ccc(F)c(Br)c2)C2(CCCC2)CN1. The monoisotopic (exact) mass is 354 g/mol. The number of hydrogen-bond donors (Lipinski definition) is 1. The van der Waals surface area contributed by atoms with E-state index in [4.69, 9.17) is 0 Å². The van der Waals surface area contributed by atoms with Crippen molar-refractivity contribution in [2.24, 2.45) is 0 Å². The Kier molecular flexibility index (Phi) is 4.15. The number of halogens is 2. The topological polar surface area (TPSA) is 15.3 Å². The van der Waals surface area contributed by atoms with Crippen molar-refractivity contribution in [3.8, 4) is 0 Å². The van der Waals surface area contributed by atoms with E-state index >= 15 is 0 Å². The minimum absolute atomic E-state index is 0.144. The Morgan fingerprint density at radius 1 is 1.29 bits per heavy atom. The molecule has 0 atom stereocenters. The molecule has 1 saturated carbocycles. The van der Waals surface area contributed by atoms with Crippen LogP contribution in [0.5, 0.6) is 0 Å². The summed E-state index contributed by atoms with van der Waals surface area (Å²) in [5.41, 5.74) is 1.63. The lowest BCUT2D eigenvalue weighted by atomic mass is 9.86. The van der Waals surface area contributed by atoms with Crippen molar-refractivity contribution in [2.45, 2.75) is 57.2 Å². The van der Waals surface area contributed by atoms with Gasteiger partial charge in [-0.2, -0.15) is 0 Å². The second-order valence-electron chi connectivity index (χ2n) is 7.27. The summed E-state index contributed by atoms with van der Waals surface area (Å²) in [6.45, 7) is 7.55. The molecule has 0 aromatic heterocycles. The van der Waals surface area contributed by atoms with E-state index in [0.717, 1.165) is 19.6 Å². The fourth-order valence-electron chi connectivity index (χ4n) is 3.82. The standard InChI is InChI=1S/C17H24BrFN2/c1-16(2)12-21(17(11-20-16)7-3-4-8-17)10-13-5-6-15(19)14(18)9-13/h5-6,9,20H,3-4,7-8,10-12H2,1-2H3. The highest BCUT2D eigenvalue weighted by Crippen LogP contribution is 2.39. The fraction of sp³-hybridized carbons (Fsp3) is 0.647. The first-order chi connectivity index (χ1) is 9.90. The predicted molar refractivity (Wildman–Crippen MR) is 87.8 cm³/mol. The number of nitrogens with one attached hydrogen (secondary N) is 1. The first-order valence-corrected chi connectivity index (χ1v) is 8.64. The van der Waals surface area contributed by atoms with Crippen LogP contribution < -0.4 is 5.32 Å². The molecule has 0 unspecified atom stereocenters. The van der Waals surface area contributed by atoms with Crippen LogP contribution >= 0.6 is 15.9 Å². The van der Waals surface area contributed by atoms with E-state index in [0.29, 0.717) is 10.0 Å². The molecular formula is C17H24BrFN2. The highest BCUT2D eigenvalue weighted by atomic mass is 79.9. The highest BCUT2D eigenvalue weighted by Gasteiger charge is 2.45. The highest BCUT2D eigenvalue weighted by molar-refractivity contribution is 9.10. The lowest BCUT2D eigenvalue weighted by Gasteiger charge is -2.51. The van der Waals surface area contributed by atoms with Gasteiger partial charge in [0.2, 0.25) is 0 Å². The molecule has 2 nitrogen and oxygen atoms in total. The zero-order valence-electron chi connectivity index (χ0n) is 12.9. The van der Waals surface area contributed by atoms with Crippen LogP contribution in [0, 0.1) is 5.82 Å². The lowest BCUT2D eigenvalue weighted by Crippen LogP contribution is -2.66. The Morgan fingerprint density at radius 3 is 2.67 bits per heavy atom. The summed E-state index contributed by atoms with van der Waals surface area (Å²) in [5.74, 6) is -0.185. The van der Waals surface area contributed by atoms with Gasteiger partial charge in [0.1, 0.15) is 5.82 Å². The van der Waals surface area contributed by atoms with Crippen LogP contribution in [0.4, 0.5) is 4.39 Å². The quantitative estimate of drug-likeness (QED) is 0.860. The van der Waals surface area contributed by atoms with Crippen LogP contribution in [-0.2, 0) is 6.54 Å². The molecule has 3 rings (SSSR count). The zero-order chi connectivity index (χ0) is 15.1. The molecule has 1 aromatic rings. The number of benzene rings is 1. The number of rotatable bonds is 2. The van der Waals surface area contributed by atoms with Crippen LogP contribution in [0.15, 0.2) is 22.7 Å². The van der Waals surface area contributed by atoms with Crippen molar-refractivity contribution in [1.82, 2.24) is 10.2 Å². The van der Waals surface area contributed by atoms with Crippen molar-refractivity contribution in [2.75, 3.05) is 13.1 Å². The normalized spacial score (nSPS) is 24.6. The van der Waals surface area contributed by atoms with Gasteiger partial charge < -0.3 is 5.32 Å². The predicted octanol–water partition coefficient (Wildman–Crippen LogP) is 4.08. The first kappa shape index (κ1) is 15.4. The van der Waals surface area contributed by atoms with Crippen LogP contribution in [0.3, 0.4) is 0 Å². The van der Waals surface area contributed by atoms with Crippen LogP contribution in [0.2, 0.25) is 0 Å². The molecule has 1 aromatic carbocycles. The minimum atomic E-state index is -0.185. The van der Waals surface area contributed by atoms with Gasteiger partial charge in [0.15, 0.2) is 0 Å². The Balaban J connectivity index is 1.83. The molecule has 1 heterocycles. The molecule has 0 amide bonds. The summed E-state index contributed by atoms with van der Waals surface area (Å²) in [6.07, 6.45) is 5.20. The van der Waals surface area contributed by atoms with Gasteiger partial charge in [0, 0.05) is 30.7 Å². The van der Waals surface area contributed by atoms with E-state index in [-0.39, 0.29) is 11.4 Å². The van der Waals surface area contributed by atoms with Crippen molar-refractivity contribution >= 4 is 15.9 Å². The molecule has 4 heteroatoms. The van der Waals surface area contributed by atoms with Crippen molar-refractivity contribution in [3.05, 3.63) is 34.1 Å². The second-order valence-corrected chi connectivity index (χ2v) is 8.13. The Morgan fingerprint density at radius 2 is 2.00 bits per heavy atom. The summed E-state index contributed by atoms with van der Waals surface area (Å²) in [7, 11) is 0. The lowest BCUT2D eigenvalue weighted by molar-refractivity contribution is 0.0122. The maximum Gasteiger partial charge on any atom is 0.137 e. The summed E-state index contributed by atoms with van der Waals surface area (Å²) in [4.78, 5) is 2.64. The van der Waals surface area contributed by atoms with Gasteiger partial charge in [-0.05, 0) is 60.3 Å². The van der Waals surface area contributed by atoms with E-state index in [1.807, 2.05) is 12.1 Å². The molecule has 1 spiro atoms. The summed E-state index contributed by atoms with van der Waals surface area (Å²) >= 11 is 3.30. The number of piperazine rings is 1. The van der Waals surface area contributed by atoms with Crippen molar-refractivity contribution in [1.29, 1.82) is 0 Å². The average molecular weight is 355 g/mol. The molecular weight excluding hydrogens is 331 g/mol. The Hall–Kier alpha value is -0.450. The van der Waals surface area contributed by atoms with Gasteiger partial charge in [-0.3, -0.25) is 4.90 Å². The molecule has 2 fully saturated rings. The molecule has 0 bridgehead atoms. The summed E-state index contributed by atoms with van der Waals surface area (Å²) < 4.78 is 14.0. The third-order valence-corrected chi connectivity index (χ3v) is 5.65. The van der Waals surface area contributed by atoms with Gasteiger partial charge in [-0.15, -0.1) is 0 Å². The maximum absolute atomic E-state index is 13.4.